The molecule has 3 rings (SSSR count). The molecule has 3 heterocycles. The maximum absolute atomic E-state index is 6.35. The van der Waals surface area contributed by atoms with Gasteiger partial charge in [-0.25, -0.2) is 9.13 Å². The van der Waals surface area contributed by atoms with E-state index in [-0.39, 0.29) is 24.0 Å². The summed E-state index contributed by atoms with van der Waals surface area (Å²) in [6.07, 6.45) is 4.24. The fourth-order valence-electron chi connectivity index (χ4n) is 1.98. The van der Waals surface area contributed by atoms with Crippen molar-refractivity contribution >= 4 is 46.9 Å². The Morgan fingerprint density at radius 2 is 2.28 bits per heavy atom. The monoisotopic (exact) mass is 410 g/mol. The molecule has 96 valence electrons. The highest BCUT2D eigenvalue weighted by Gasteiger charge is 2.30. The molecule has 1 aliphatic heterocycles. The molecule has 0 saturated heterocycles. The van der Waals surface area contributed by atoms with Crippen LogP contribution in [0, 0.1) is 0 Å². The zero-order valence-corrected chi connectivity index (χ0v) is 14.3. The minimum absolute atomic E-state index is 0. The van der Waals surface area contributed by atoms with Gasteiger partial charge in [-0.3, -0.25) is 0 Å². The smallest absolute Gasteiger partial charge is 0.319 e. The van der Waals surface area contributed by atoms with Gasteiger partial charge in [0.1, 0.15) is 6.54 Å². The summed E-state index contributed by atoms with van der Waals surface area (Å²) in [5, 5.41) is 4.15. The fraction of sp³-hybridized carbons (Fsp3) is 0.250. The van der Waals surface area contributed by atoms with Crippen molar-refractivity contribution in [3.05, 3.63) is 33.2 Å². The predicted molar refractivity (Wildman–Crippen MR) is 74.6 cm³/mol. The third-order valence-corrected chi connectivity index (χ3v) is 5.23. The molecule has 0 amide bonds. The normalized spacial score (nSPS) is 13.9. The standard InChI is InChI=1S/C12H12ClN2S2.HI/c1-14-11(13)10(15-6-8-17-12(14)15)5-4-9-3-2-7-16-9;/h2-5,7H,6,8H2,1H3;1H/q+1;/p-1/b5-4+;. The molecule has 0 aromatic carbocycles. The maximum Gasteiger partial charge on any atom is 0.319 e. The summed E-state index contributed by atoms with van der Waals surface area (Å²) in [5.74, 6) is 1.14. The summed E-state index contributed by atoms with van der Waals surface area (Å²) in [6, 6.07) is 4.17. The molecular formula is C12H12ClIN2S2. The molecule has 0 spiro atoms. The van der Waals surface area contributed by atoms with E-state index in [4.69, 9.17) is 11.6 Å². The lowest BCUT2D eigenvalue weighted by Crippen LogP contribution is -3.00. The van der Waals surface area contributed by atoms with Gasteiger partial charge in [0.05, 0.1) is 7.05 Å². The zero-order valence-electron chi connectivity index (χ0n) is 9.77. The van der Waals surface area contributed by atoms with Gasteiger partial charge < -0.3 is 24.0 Å². The van der Waals surface area contributed by atoms with Crippen LogP contribution in [0.4, 0.5) is 0 Å². The Balaban J connectivity index is 0.00000120. The molecule has 0 atom stereocenters. The number of hydrogen-bond donors (Lipinski definition) is 0. The van der Waals surface area contributed by atoms with E-state index >= 15 is 0 Å². The summed E-state index contributed by atoms with van der Waals surface area (Å²) in [6.45, 7) is 1.05. The average molecular weight is 411 g/mol. The van der Waals surface area contributed by atoms with Gasteiger partial charge in [0.25, 0.3) is 0 Å². The Kier molecular flexibility index (Phi) is 4.80. The van der Waals surface area contributed by atoms with E-state index in [1.54, 1.807) is 11.3 Å². The minimum Gasteiger partial charge on any atom is -1.00 e. The van der Waals surface area contributed by atoms with Crippen molar-refractivity contribution in [2.75, 3.05) is 5.75 Å². The number of thioether (sulfide) groups is 1. The first-order valence-corrected chi connectivity index (χ1v) is 7.64. The number of rotatable bonds is 2. The molecule has 1 aliphatic rings. The van der Waals surface area contributed by atoms with Crippen molar-refractivity contribution in [1.82, 2.24) is 4.57 Å². The Morgan fingerprint density at radius 1 is 1.44 bits per heavy atom. The number of halogens is 2. The Morgan fingerprint density at radius 3 is 3.00 bits per heavy atom. The predicted octanol–water partition coefficient (Wildman–Crippen LogP) is 0.308. The Hall–Kier alpha value is 0.0200. The van der Waals surface area contributed by atoms with Crippen LogP contribution in [0.1, 0.15) is 10.6 Å². The van der Waals surface area contributed by atoms with E-state index in [1.807, 2.05) is 18.8 Å². The van der Waals surface area contributed by atoms with Crippen LogP contribution in [0.5, 0.6) is 0 Å². The summed E-state index contributed by atoms with van der Waals surface area (Å²) in [4.78, 5) is 1.25. The fourth-order valence-corrected chi connectivity index (χ4v) is 3.98. The van der Waals surface area contributed by atoms with Gasteiger partial charge in [-0.15, -0.1) is 11.3 Å². The highest BCUT2D eigenvalue weighted by Crippen LogP contribution is 2.27. The van der Waals surface area contributed by atoms with E-state index < -0.39 is 0 Å². The molecule has 0 bridgehead atoms. The molecule has 2 nitrogen and oxygen atoms in total. The average Bonchev–Trinajstić information content (AvgIpc) is 3.00. The molecule has 0 fully saturated rings. The van der Waals surface area contributed by atoms with Gasteiger partial charge in [0.2, 0.25) is 5.15 Å². The third kappa shape index (κ3) is 2.50. The van der Waals surface area contributed by atoms with Crippen LogP contribution in [-0.4, -0.2) is 10.3 Å². The molecule has 6 heteroatoms. The van der Waals surface area contributed by atoms with E-state index in [1.165, 1.54) is 10.0 Å². The third-order valence-electron chi connectivity index (χ3n) is 2.81. The number of nitrogens with zero attached hydrogens (tertiary/aromatic N) is 2. The first-order valence-electron chi connectivity index (χ1n) is 5.40. The summed E-state index contributed by atoms with van der Waals surface area (Å²) >= 11 is 9.95. The molecule has 0 radical (unpaired) electrons. The lowest BCUT2D eigenvalue weighted by Gasteiger charge is -1.90. The molecule has 0 aliphatic carbocycles. The number of hydrogen-bond acceptors (Lipinski definition) is 2. The lowest BCUT2D eigenvalue weighted by molar-refractivity contribution is -0.725. The van der Waals surface area contributed by atoms with Crippen LogP contribution in [0.3, 0.4) is 0 Å². The lowest BCUT2D eigenvalue weighted by atomic mass is 10.3. The van der Waals surface area contributed by atoms with Crippen LogP contribution in [0.25, 0.3) is 12.2 Å². The molecule has 0 N–H and O–H groups in total. The van der Waals surface area contributed by atoms with Gasteiger partial charge in [0.15, 0.2) is 5.69 Å². The highest BCUT2D eigenvalue weighted by molar-refractivity contribution is 7.99. The van der Waals surface area contributed by atoms with Crippen LogP contribution in [0.2, 0.25) is 5.15 Å². The van der Waals surface area contributed by atoms with Crippen molar-refractivity contribution in [3.8, 4) is 0 Å². The Bertz CT molecular complexity index is 575. The number of aromatic nitrogens is 2. The van der Waals surface area contributed by atoms with Crippen molar-refractivity contribution in [2.24, 2.45) is 7.05 Å². The summed E-state index contributed by atoms with van der Waals surface area (Å²) in [5.41, 5.74) is 1.11. The van der Waals surface area contributed by atoms with E-state index in [9.17, 15) is 0 Å². The molecular weight excluding hydrogens is 399 g/mol. The van der Waals surface area contributed by atoms with Gasteiger partial charge >= 0.3 is 5.16 Å². The van der Waals surface area contributed by atoms with Gasteiger partial charge in [-0.2, -0.15) is 0 Å². The highest BCUT2D eigenvalue weighted by atomic mass is 127. The molecule has 0 unspecified atom stereocenters. The van der Waals surface area contributed by atoms with E-state index in [0.29, 0.717) is 0 Å². The van der Waals surface area contributed by atoms with Crippen molar-refractivity contribution in [1.29, 1.82) is 0 Å². The molecule has 18 heavy (non-hydrogen) atoms. The van der Waals surface area contributed by atoms with Crippen LogP contribution in [0.15, 0.2) is 22.7 Å². The second-order valence-corrected chi connectivity index (χ2v) is 6.27. The first-order chi connectivity index (χ1) is 8.27. The first kappa shape index (κ1) is 14.4. The number of fused-ring (bicyclic) bond motifs is 1. The second kappa shape index (κ2) is 5.98. The van der Waals surface area contributed by atoms with Crippen molar-refractivity contribution in [3.63, 3.8) is 0 Å². The van der Waals surface area contributed by atoms with Crippen LogP contribution >= 0.6 is 34.7 Å². The van der Waals surface area contributed by atoms with E-state index in [0.717, 1.165) is 23.1 Å². The van der Waals surface area contributed by atoms with Gasteiger partial charge in [-0.05, 0) is 47.0 Å². The number of thiophene rings is 1. The Labute approximate surface area is 137 Å². The topological polar surface area (TPSA) is 8.81 Å². The SMILES string of the molecule is Cn1c(Cl)c(/C=C/c2cccs2)[n+]2c1SCC2.[I-]. The second-order valence-electron chi connectivity index (χ2n) is 3.87. The minimum atomic E-state index is 0. The van der Waals surface area contributed by atoms with Gasteiger partial charge in [-0.1, -0.05) is 6.07 Å². The largest absolute Gasteiger partial charge is 1.00 e. The van der Waals surface area contributed by atoms with E-state index in [2.05, 4.69) is 38.8 Å². The summed E-state index contributed by atoms with van der Waals surface area (Å²) in [7, 11) is 2.02. The molecule has 2 aromatic heterocycles. The molecule has 2 aromatic rings. The van der Waals surface area contributed by atoms with Crippen molar-refractivity contribution in [2.45, 2.75) is 11.7 Å². The van der Waals surface area contributed by atoms with Gasteiger partial charge in [0, 0.05) is 10.6 Å². The van der Waals surface area contributed by atoms with Crippen LogP contribution in [-0.2, 0) is 13.6 Å². The molecule has 0 saturated carbocycles. The summed E-state index contributed by atoms with van der Waals surface area (Å²) < 4.78 is 4.35. The van der Waals surface area contributed by atoms with Crippen molar-refractivity contribution < 1.29 is 28.5 Å². The quantitative estimate of drug-likeness (QED) is 0.511. The maximum atomic E-state index is 6.35. The van der Waals surface area contributed by atoms with Crippen LogP contribution < -0.4 is 28.5 Å². The zero-order chi connectivity index (χ0) is 11.8. The number of imidazole rings is 1.